The molecule has 0 saturated carbocycles. The fraction of sp³-hybridized carbons (Fsp3) is 0.600. The number of halogens is 1. The maximum absolute atomic E-state index is 11.8. The molecule has 22 heavy (non-hydrogen) atoms. The second kappa shape index (κ2) is 7.65. The minimum atomic E-state index is -0.575. The van der Waals surface area contributed by atoms with Gasteiger partial charge in [-0.05, 0) is 46.2 Å². The molecule has 1 atom stereocenters. The summed E-state index contributed by atoms with van der Waals surface area (Å²) in [6.45, 7) is 9.35. The zero-order chi connectivity index (χ0) is 16.9. The molecule has 0 aliphatic rings. The van der Waals surface area contributed by atoms with Crippen molar-refractivity contribution >= 4 is 17.7 Å². The Bertz CT molecular complexity index is 515. The second-order valence-corrected chi connectivity index (χ2v) is 6.56. The van der Waals surface area contributed by atoms with Crippen molar-refractivity contribution in [2.24, 2.45) is 5.73 Å². The predicted octanol–water partition coefficient (Wildman–Crippen LogP) is 3.05. The van der Waals surface area contributed by atoms with Crippen molar-refractivity contribution in [3.05, 3.63) is 22.8 Å². The molecule has 1 heterocycles. The van der Waals surface area contributed by atoms with E-state index < -0.39 is 17.7 Å². The van der Waals surface area contributed by atoms with Gasteiger partial charge in [0.2, 0.25) is 5.88 Å². The number of carbonyl (C=O) groups is 1. The van der Waals surface area contributed by atoms with Gasteiger partial charge in [-0.1, -0.05) is 11.6 Å². The lowest BCUT2D eigenvalue weighted by molar-refractivity contribution is 0.0505. The Hall–Kier alpha value is -1.53. The average Bonchev–Trinajstić information content (AvgIpc) is 2.36. The molecule has 1 unspecified atom stereocenters. The number of nitrogens with two attached hydrogens (primary N) is 1. The fourth-order valence-electron chi connectivity index (χ4n) is 1.67. The van der Waals surface area contributed by atoms with Crippen molar-refractivity contribution in [2.45, 2.75) is 52.4 Å². The minimum absolute atomic E-state index is 0.0268. The van der Waals surface area contributed by atoms with E-state index in [0.717, 1.165) is 0 Å². The third kappa shape index (κ3) is 6.07. The van der Waals surface area contributed by atoms with Crippen LogP contribution in [-0.2, 0) is 4.74 Å². The lowest BCUT2D eigenvalue weighted by atomic mass is 10.1. The first-order chi connectivity index (χ1) is 10.1. The smallest absolute Gasteiger partial charge is 0.408 e. The Morgan fingerprint density at radius 1 is 1.45 bits per heavy atom. The van der Waals surface area contributed by atoms with E-state index in [-0.39, 0.29) is 12.6 Å². The molecular formula is C15H24ClN3O3. The van der Waals surface area contributed by atoms with Crippen LogP contribution >= 0.6 is 11.6 Å². The van der Waals surface area contributed by atoms with Gasteiger partial charge in [0, 0.05) is 12.7 Å². The van der Waals surface area contributed by atoms with E-state index in [1.165, 1.54) is 0 Å². The van der Waals surface area contributed by atoms with Gasteiger partial charge in [-0.3, -0.25) is 0 Å². The van der Waals surface area contributed by atoms with Gasteiger partial charge in [-0.2, -0.15) is 0 Å². The number of rotatable bonds is 5. The molecule has 0 aliphatic heterocycles. The number of aromatic nitrogens is 1. The summed E-state index contributed by atoms with van der Waals surface area (Å²) >= 11 is 6.15. The van der Waals surface area contributed by atoms with Crippen molar-refractivity contribution in [3.8, 4) is 5.88 Å². The molecule has 0 aromatic carbocycles. The molecular weight excluding hydrogens is 306 g/mol. The first kappa shape index (κ1) is 18.5. The lowest BCUT2D eigenvalue weighted by Gasteiger charge is -2.23. The molecule has 0 spiro atoms. The molecule has 0 saturated heterocycles. The predicted molar refractivity (Wildman–Crippen MR) is 86.2 cm³/mol. The Balaban J connectivity index is 2.83. The highest BCUT2D eigenvalue weighted by Crippen LogP contribution is 2.26. The van der Waals surface area contributed by atoms with Crippen LogP contribution in [0.5, 0.6) is 5.88 Å². The SMILES string of the molecule is CC(C)Oc1ncc(C(CN)NC(=O)OC(C)(C)C)cc1Cl. The van der Waals surface area contributed by atoms with E-state index in [9.17, 15) is 4.79 Å². The van der Waals surface area contributed by atoms with Gasteiger partial charge in [-0.25, -0.2) is 9.78 Å². The van der Waals surface area contributed by atoms with Crippen LogP contribution in [0.15, 0.2) is 12.3 Å². The maximum atomic E-state index is 11.8. The van der Waals surface area contributed by atoms with E-state index in [0.29, 0.717) is 16.5 Å². The van der Waals surface area contributed by atoms with Crippen LogP contribution < -0.4 is 15.8 Å². The third-order valence-electron chi connectivity index (χ3n) is 2.50. The fourth-order valence-corrected chi connectivity index (χ4v) is 1.89. The maximum Gasteiger partial charge on any atom is 0.408 e. The topological polar surface area (TPSA) is 86.5 Å². The zero-order valence-electron chi connectivity index (χ0n) is 13.6. The summed E-state index contributed by atoms with van der Waals surface area (Å²) in [6, 6.07) is 1.24. The zero-order valence-corrected chi connectivity index (χ0v) is 14.4. The normalized spacial score (nSPS) is 12.9. The lowest BCUT2D eigenvalue weighted by Crippen LogP contribution is -2.37. The van der Waals surface area contributed by atoms with Gasteiger partial charge in [-0.15, -0.1) is 0 Å². The highest BCUT2D eigenvalue weighted by molar-refractivity contribution is 6.31. The Labute approximate surface area is 136 Å². The number of ether oxygens (including phenoxy) is 2. The number of hydrogen-bond donors (Lipinski definition) is 2. The molecule has 1 aromatic heterocycles. The molecule has 3 N–H and O–H groups in total. The highest BCUT2D eigenvalue weighted by atomic mass is 35.5. The van der Waals surface area contributed by atoms with E-state index in [2.05, 4.69) is 10.3 Å². The molecule has 0 bridgehead atoms. The summed E-state index contributed by atoms with van der Waals surface area (Å²) in [5, 5.41) is 3.07. The van der Waals surface area contributed by atoms with E-state index in [4.69, 9.17) is 26.8 Å². The molecule has 6 nitrogen and oxygen atoms in total. The molecule has 0 radical (unpaired) electrons. The van der Waals surface area contributed by atoms with Crippen LogP contribution in [0.4, 0.5) is 4.79 Å². The number of hydrogen-bond acceptors (Lipinski definition) is 5. The summed E-state index contributed by atoms with van der Waals surface area (Å²) in [7, 11) is 0. The molecule has 7 heteroatoms. The summed E-state index contributed by atoms with van der Waals surface area (Å²) in [5.41, 5.74) is 5.83. The van der Waals surface area contributed by atoms with E-state index in [1.54, 1.807) is 33.0 Å². The van der Waals surface area contributed by atoms with Gasteiger partial charge >= 0.3 is 6.09 Å². The molecule has 1 amide bonds. The second-order valence-electron chi connectivity index (χ2n) is 6.16. The van der Waals surface area contributed by atoms with Crippen molar-refractivity contribution in [1.29, 1.82) is 0 Å². The minimum Gasteiger partial charge on any atom is -0.474 e. The number of alkyl carbamates (subject to hydrolysis) is 1. The van der Waals surface area contributed by atoms with Crippen LogP contribution in [-0.4, -0.2) is 29.3 Å². The number of nitrogens with zero attached hydrogens (tertiary/aromatic N) is 1. The number of nitrogens with one attached hydrogen (secondary N) is 1. The van der Waals surface area contributed by atoms with Crippen LogP contribution in [0, 0.1) is 0 Å². The number of carbonyl (C=O) groups excluding carboxylic acids is 1. The van der Waals surface area contributed by atoms with Gasteiger partial charge in [0.1, 0.15) is 10.6 Å². The van der Waals surface area contributed by atoms with Crippen LogP contribution in [0.25, 0.3) is 0 Å². The van der Waals surface area contributed by atoms with Crippen molar-refractivity contribution in [2.75, 3.05) is 6.54 Å². The number of amides is 1. The molecule has 1 aromatic rings. The van der Waals surface area contributed by atoms with Gasteiger partial charge in [0.25, 0.3) is 0 Å². The van der Waals surface area contributed by atoms with Crippen molar-refractivity contribution in [3.63, 3.8) is 0 Å². The third-order valence-corrected chi connectivity index (χ3v) is 2.78. The van der Waals surface area contributed by atoms with Crippen molar-refractivity contribution in [1.82, 2.24) is 10.3 Å². The summed E-state index contributed by atoms with van der Waals surface area (Å²) in [6.07, 6.45) is 1.01. The first-order valence-corrected chi connectivity index (χ1v) is 7.52. The Morgan fingerprint density at radius 2 is 2.09 bits per heavy atom. The largest absolute Gasteiger partial charge is 0.474 e. The van der Waals surface area contributed by atoms with Gasteiger partial charge in [0.05, 0.1) is 12.1 Å². The van der Waals surface area contributed by atoms with Crippen LogP contribution in [0.1, 0.15) is 46.2 Å². The molecule has 1 rings (SSSR count). The van der Waals surface area contributed by atoms with Gasteiger partial charge in [0.15, 0.2) is 0 Å². The first-order valence-electron chi connectivity index (χ1n) is 7.14. The van der Waals surface area contributed by atoms with E-state index >= 15 is 0 Å². The molecule has 124 valence electrons. The summed E-state index contributed by atoms with van der Waals surface area (Å²) in [5.74, 6) is 0.355. The quantitative estimate of drug-likeness (QED) is 0.867. The monoisotopic (exact) mass is 329 g/mol. The number of pyridine rings is 1. The van der Waals surface area contributed by atoms with Crippen LogP contribution in [0.3, 0.4) is 0 Å². The summed E-state index contributed by atoms with van der Waals surface area (Å²) < 4.78 is 10.7. The molecule has 0 fully saturated rings. The molecule has 0 aliphatic carbocycles. The van der Waals surface area contributed by atoms with Crippen molar-refractivity contribution < 1.29 is 14.3 Å². The Morgan fingerprint density at radius 3 is 2.55 bits per heavy atom. The van der Waals surface area contributed by atoms with Crippen LogP contribution in [0.2, 0.25) is 5.02 Å². The summed E-state index contributed by atoms with van der Waals surface area (Å²) in [4.78, 5) is 16.0. The standard InChI is InChI=1S/C15H24ClN3O3/c1-9(2)21-13-11(16)6-10(8-18-13)12(7-17)19-14(20)22-15(3,4)5/h6,8-9,12H,7,17H2,1-5H3,(H,19,20). The highest BCUT2D eigenvalue weighted by Gasteiger charge is 2.21. The van der Waals surface area contributed by atoms with E-state index in [1.807, 2.05) is 13.8 Å². The van der Waals surface area contributed by atoms with Gasteiger partial charge < -0.3 is 20.5 Å². The Kier molecular flexibility index (Phi) is 6.44. The average molecular weight is 330 g/mol.